The van der Waals surface area contributed by atoms with Crippen LogP contribution < -0.4 is 10.1 Å². The van der Waals surface area contributed by atoms with Gasteiger partial charge in [0.2, 0.25) is 0 Å². The number of para-hydroxylation sites is 1. The van der Waals surface area contributed by atoms with Gasteiger partial charge in [-0.15, -0.1) is 0 Å². The maximum absolute atomic E-state index is 6.08. The van der Waals surface area contributed by atoms with Crippen molar-refractivity contribution in [2.75, 3.05) is 18.1 Å². The standard InChI is InChI=1S/C16H23NOS/c1-16(2)15(13-5-3-4-6-14(13)18-16)17-11-12-7-9-19-10-8-12/h3-6,12,15,17H,7-11H2,1-2H3. The van der Waals surface area contributed by atoms with E-state index in [4.69, 9.17) is 4.74 Å². The number of fused-ring (bicyclic) bond motifs is 1. The highest BCUT2D eigenvalue weighted by molar-refractivity contribution is 7.99. The third-order valence-corrected chi connectivity index (χ3v) is 5.30. The quantitative estimate of drug-likeness (QED) is 0.911. The molecule has 19 heavy (non-hydrogen) atoms. The molecule has 3 rings (SSSR count). The van der Waals surface area contributed by atoms with Gasteiger partial charge in [-0.2, -0.15) is 11.8 Å². The second-order valence-corrected chi connectivity index (χ2v) is 7.37. The summed E-state index contributed by atoms with van der Waals surface area (Å²) in [6, 6.07) is 8.75. The van der Waals surface area contributed by atoms with Crippen LogP contribution in [0.1, 0.15) is 38.3 Å². The molecule has 1 unspecified atom stereocenters. The lowest BCUT2D eigenvalue weighted by molar-refractivity contribution is 0.0942. The van der Waals surface area contributed by atoms with Crippen molar-refractivity contribution in [3.63, 3.8) is 0 Å². The first-order chi connectivity index (χ1) is 9.17. The predicted molar refractivity (Wildman–Crippen MR) is 81.9 cm³/mol. The summed E-state index contributed by atoms with van der Waals surface area (Å²) in [5.74, 6) is 4.54. The molecule has 0 bridgehead atoms. The molecular formula is C16H23NOS. The molecule has 1 aromatic rings. The lowest BCUT2D eigenvalue weighted by atomic mass is 9.93. The van der Waals surface area contributed by atoms with E-state index >= 15 is 0 Å². The third-order valence-electron chi connectivity index (χ3n) is 4.25. The number of benzene rings is 1. The van der Waals surface area contributed by atoms with Crippen LogP contribution in [-0.2, 0) is 0 Å². The second-order valence-electron chi connectivity index (χ2n) is 6.14. The fourth-order valence-corrected chi connectivity index (χ4v) is 4.32. The fraction of sp³-hybridized carbons (Fsp3) is 0.625. The van der Waals surface area contributed by atoms with Gasteiger partial charge in [0, 0.05) is 5.56 Å². The first kappa shape index (κ1) is 13.3. The first-order valence-electron chi connectivity index (χ1n) is 7.26. The van der Waals surface area contributed by atoms with Gasteiger partial charge in [-0.25, -0.2) is 0 Å². The molecule has 2 heterocycles. The van der Waals surface area contributed by atoms with Gasteiger partial charge in [-0.05, 0) is 56.7 Å². The molecule has 3 heteroatoms. The van der Waals surface area contributed by atoms with E-state index < -0.39 is 0 Å². The van der Waals surface area contributed by atoms with Crippen LogP contribution in [0.4, 0.5) is 0 Å². The van der Waals surface area contributed by atoms with Gasteiger partial charge < -0.3 is 10.1 Å². The van der Waals surface area contributed by atoms with E-state index in [1.807, 2.05) is 0 Å². The normalized spacial score (nSPS) is 25.9. The van der Waals surface area contributed by atoms with Crippen molar-refractivity contribution in [3.8, 4) is 5.75 Å². The fourth-order valence-electron chi connectivity index (χ4n) is 3.12. The van der Waals surface area contributed by atoms with Crippen molar-refractivity contribution < 1.29 is 4.74 Å². The van der Waals surface area contributed by atoms with Gasteiger partial charge in [0.25, 0.3) is 0 Å². The van der Waals surface area contributed by atoms with Crippen LogP contribution in [0.25, 0.3) is 0 Å². The van der Waals surface area contributed by atoms with Gasteiger partial charge in [-0.1, -0.05) is 18.2 Å². The average Bonchev–Trinajstić information content (AvgIpc) is 2.67. The predicted octanol–water partition coefficient (Wildman–Crippen LogP) is 3.63. The Morgan fingerprint density at radius 1 is 1.26 bits per heavy atom. The Balaban J connectivity index is 1.68. The summed E-state index contributed by atoms with van der Waals surface area (Å²) in [5, 5.41) is 3.76. The van der Waals surface area contributed by atoms with E-state index in [2.05, 4.69) is 55.2 Å². The number of thioether (sulfide) groups is 1. The van der Waals surface area contributed by atoms with Crippen molar-refractivity contribution in [1.29, 1.82) is 0 Å². The molecule has 2 aliphatic heterocycles. The number of hydrogen-bond donors (Lipinski definition) is 1. The molecule has 1 aromatic carbocycles. The lowest BCUT2D eigenvalue weighted by Gasteiger charge is -2.30. The molecule has 104 valence electrons. The van der Waals surface area contributed by atoms with Gasteiger partial charge in [0.15, 0.2) is 0 Å². The molecule has 0 aromatic heterocycles. The number of rotatable bonds is 3. The van der Waals surface area contributed by atoms with E-state index in [9.17, 15) is 0 Å². The molecule has 1 fully saturated rings. The van der Waals surface area contributed by atoms with Crippen molar-refractivity contribution in [1.82, 2.24) is 5.32 Å². The Labute approximate surface area is 120 Å². The van der Waals surface area contributed by atoms with Crippen molar-refractivity contribution in [2.24, 2.45) is 5.92 Å². The minimum absolute atomic E-state index is 0.146. The van der Waals surface area contributed by atoms with Crippen LogP contribution in [0.3, 0.4) is 0 Å². The smallest absolute Gasteiger partial charge is 0.125 e. The molecular weight excluding hydrogens is 254 g/mol. The highest BCUT2D eigenvalue weighted by Gasteiger charge is 2.40. The van der Waals surface area contributed by atoms with E-state index in [0.717, 1.165) is 18.2 Å². The Hall–Kier alpha value is -0.670. The van der Waals surface area contributed by atoms with Gasteiger partial charge in [-0.3, -0.25) is 0 Å². The summed E-state index contributed by atoms with van der Waals surface area (Å²) in [6.07, 6.45) is 2.71. The first-order valence-corrected chi connectivity index (χ1v) is 8.41. The van der Waals surface area contributed by atoms with Crippen LogP contribution in [0.2, 0.25) is 0 Å². The van der Waals surface area contributed by atoms with Crippen molar-refractivity contribution >= 4 is 11.8 Å². The zero-order valence-corrected chi connectivity index (χ0v) is 12.6. The van der Waals surface area contributed by atoms with Crippen LogP contribution in [0, 0.1) is 5.92 Å². The van der Waals surface area contributed by atoms with Crippen molar-refractivity contribution in [3.05, 3.63) is 29.8 Å². The van der Waals surface area contributed by atoms with Crippen LogP contribution >= 0.6 is 11.8 Å². The molecule has 2 aliphatic rings. The molecule has 2 nitrogen and oxygen atoms in total. The molecule has 0 amide bonds. The second kappa shape index (κ2) is 5.37. The summed E-state index contributed by atoms with van der Waals surface area (Å²) in [7, 11) is 0. The molecule has 0 spiro atoms. The van der Waals surface area contributed by atoms with Crippen LogP contribution in [0.5, 0.6) is 5.75 Å². The Morgan fingerprint density at radius 3 is 2.79 bits per heavy atom. The number of ether oxygens (including phenoxy) is 1. The SMILES string of the molecule is CC1(C)Oc2ccccc2C1NCC1CCSCC1. The molecule has 0 aliphatic carbocycles. The zero-order valence-electron chi connectivity index (χ0n) is 11.8. The minimum Gasteiger partial charge on any atom is -0.486 e. The maximum Gasteiger partial charge on any atom is 0.125 e. The summed E-state index contributed by atoms with van der Waals surface area (Å²) in [6.45, 7) is 5.48. The highest BCUT2D eigenvalue weighted by Crippen LogP contribution is 2.42. The van der Waals surface area contributed by atoms with Crippen molar-refractivity contribution in [2.45, 2.75) is 38.3 Å². The number of hydrogen-bond acceptors (Lipinski definition) is 3. The highest BCUT2D eigenvalue weighted by atomic mass is 32.2. The summed E-state index contributed by atoms with van der Waals surface area (Å²) in [4.78, 5) is 0. The monoisotopic (exact) mass is 277 g/mol. The topological polar surface area (TPSA) is 21.3 Å². The summed E-state index contributed by atoms with van der Waals surface area (Å²) >= 11 is 2.09. The molecule has 0 saturated carbocycles. The molecule has 1 saturated heterocycles. The molecule has 1 N–H and O–H groups in total. The minimum atomic E-state index is -0.146. The van der Waals surface area contributed by atoms with E-state index in [0.29, 0.717) is 6.04 Å². The largest absolute Gasteiger partial charge is 0.486 e. The van der Waals surface area contributed by atoms with Crippen LogP contribution in [0.15, 0.2) is 24.3 Å². The van der Waals surface area contributed by atoms with Gasteiger partial charge in [0.1, 0.15) is 11.4 Å². The molecule has 0 radical (unpaired) electrons. The molecule has 1 atom stereocenters. The summed E-state index contributed by atoms with van der Waals surface area (Å²) in [5.41, 5.74) is 1.17. The average molecular weight is 277 g/mol. The Morgan fingerprint density at radius 2 is 2.00 bits per heavy atom. The van der Waals surface area contributed by atoms with E-state index in [1.54, 1.807) is 0 Å². The van der Waals surface area contributed by atoms with E-state index in [-0.39, 0.29) is 5.60 Å². The van der Waals surface area contributed by atoms with Crippen LogP contribution in [-0.4, -0.2) is 23.7 Å². The Bertz CT molecular complexity index is 440. The Kier molecular flexibility index (Phi) is 3.77. The summed E-state index contributed by atoms with van der Waals surface area (Å²) < 4.78 is 6.08. The van der Waals surface area contributed by atoms with Gasteiger partial charge in [0.05, 0.1) is 6.04 Å². The third kappa shape index (κ3) is 2.77. The maximum atomic E-state index is 6.08. The number of nitrogens with one attached hydrogen (secondary N) is 1. The lowest BCUT2D eigenvalue weighted by Crippen LogP contribution is -2.41. The van der Waals surface area contributed by atoms with Gasteiger partial charge >= 0.3 is 0 Å². The van der Waals surface area contributed by atoms with E-state index in [1.165, 1.54) is 29.9 Å². The zero-order chi connectivity index (χ0) is 13.3.